The molecule has 2 aromatic carbocycles. The van der Waals surface area contributed by atoms with Crippen molar-refractivity contribution >= 4 is 34.6 Å². The zero-order valence-electron chi connectivity index (χ0n) is 19.1. The summed E-state index contributed by atoms with van der Waals surface area (Å²) in [5, 5.41) is 9.53. The number of hydrogen-bond donors (Lipinski definition) is 1. The molecule has 0 fully saturated rings. The fraction of sp³-hybridized carbons (Fsp3) is 0.520. The molecule has 0 aliphatic rings. The van der Waals surface area contributed by atoms with E-state index < -0.39 is 6.10 Å². The molecular formula is C25H34ClIO5. The number of aliphatic hydroxyl groups is 1. The Morgan fingerprint density at radius 1 is 0.906 bits per heavy atom. The van der Waals surface area contributed by atoms with Gasteiger partial charge < -0.3 is 22.4 Å². The van der Waals surface area contributed by atoms with Gasteiger partial charge in [-0.3, -0.25) is 0 Å². The highest BCUT2D eigenvalue weighted by molar-refractivity contribution is 14.1. The first-order valence-corrected chi connectivity index (χ1v) is 12.4. The molecule has 0 amide bonds. The molecule has 7 heteroatoms. The van der Waals surface area contributed by atoms with Gasteiger partial charge in [0.05, 0.1) is 12.5 Å². The van der Waals surface area contributed by atoms with Gasteiger partial charge in [-0.25, -0.2) is 0 Å². The second-order valence-electron chi connectivity index (χ2n) is 8.24. The first-order chi connectivity index (χ1) is 15.4. The summed E-state index contributed by atoms with van der Waals surface area (Å²) >= 11 is 7.50. The van der Waals surface area contributed by atoms with Crippen molar-refractivity contribution in [2.24, 2.45) is 0 Å². The third kappa shape index (κ3) is 8.71. The summed E-state index contributed by atoms with van der Waals surface area (Å²) in [7, 11) is 0. The Bertz CT molecular complexity index is 767. The van der Waals surface area contributed by atoms with E-state index in [9.17, 15) is 5.11 Å². The Labute approximate surface area is 211 Å². The number of hydrogen-bond acceptors (Lipinski definition) is 5. The maximum Gasteiger partial charge on any atom is 0.127 e. The van der Waals surface area contributed by atoms with Crippen molar-refractivity contribution in [3.63, 3.8) is 0 Å². The van der Waals surface area contributed by atoms with Crippen molar-refractivity contribution in [3.8, 4) is 11.5 Å². The fourth-order valence-corrected chi connectivity index (χ4v) is 3.47. The van der Waals surface area contributed by atoms with Crippen LogP contribution in [0, 0.1) is 0 Å². The van der Waals surface area contributed by atoms with Crippen LogP contribution in [0.25, 0.3) is 0 Å². The molecule has 2 atom stereocenters. The second-order valence-corrected chi connectivity index (χ2v) is 9.06. The van der Waals surface area contributed by atoms with Crippen molar-refractivity contribution in [1.82, 2.24) is 0 Å². The third-order valence-corrected chi connectivity index (χ3v) is 6.36. The summed E-state index contributed by atoms with van der Waals surface area (Å²) in [6, 6.07) is 16.1. The molecule has 0 spiro atoms. The second kappa shape index (κ2) is 14.3. The molecule has 0 aliphatic heterocycles. The number of ether oxygens (including phenoxy) is 3. The quantitative estimate of drug-likeness (QED) is 0.162. The van der Waals surface area contributed by atoms with Crippen LogP contribution in [-0.4, -0.2) is 49.6 Å². The zero-order chi connectivity index (χ0) is 23.4. The van der Waals surface area contributed by atoms with E-state index in [0.29, 0.717) is 19.0 Å². The van der Waals surface area contributed by atoms with Gasteiger partial charge in [0.1, 0.15) is 59.9 Å². The van der Waals surface area contributed by atoms with E-state index in [2.05, 4.69) is 32.9 Å². The number of rotatable bonds is 15. The summed E-state index contributed by atoms with van der Waals surface area (Å²) in [5.41, 5.74) is 2.16. The van der Waals surface area contributed by atoms with Crippen LogP contribution in [0.4, 0.5) is 0 Å². The minimum Gasteiger partial charge on any atom is -0.491 e. The lowest BCUT2D eigenvalue weighted by molar-refractivity contribution is 0.0451. The number of halogens is 2. The monoisotopic (exact) mass is 576 g/mol. The Morgan fingerprint density at radius 3 is 1.91 bits per heavy atom. The van der Waals surface area contributed by atoms with E-state index in [4.69, 9.17) is 28.9 Å². The van der Waals surface area contributed by atoms with Gasteiger partial charge in [-0.05, 0) is 41.8 Å². The highest BCUT2D eigenvalue weighted by Crippen LogP contribution is 2.33. The molecular weight excluding hydrogens is 543 g/mol. The number of benzene rings is 2. The van der Waals surface area contributed by atoms with Gasteiger partial charge in [0.25, 0.3) is 0 Å². The van der Waals surface area contributed by atoms with Crippen LogP contribution in [0.1, 0.15) is 44.7 Å². The van der Waals surface area contributed by atoms with Gasteiger partial charge >= 0.3 is 0 Å². The molecule has 0 heterocycles. The van der Waals surface area contributed by atoms with Gasteiger partial charge in [-0.2, -0.15) is 0 Å². The topological polar surface area (TPSA) is 57.2 Å². The summed E-state index contributed by atoms with van der Waals surface area (Å²) in [5.74, 6) is 1.67. The van der Waals surface area contributed by atoms with Crippen LogP contribution in [0.5, 0.6) is 11.5 Å². The number of alkyl halides is 1. The average molecular weight is 577 g/mol. The maximum atomic E-state index is 9.53. The lowest BCUT2D eigenvalue weighted by Gasteiger charge is -2.26. The summed E-state index contributed by atoms with van der Waals surface area (Å²) < 4.78 is 22.5. The predicted octanol–water partition coefficient (Wildman–Crippen LogP) is 5.92. The number of aliphatic hydroxyl groups excluding tert-OH is 1. The normalized spacial score (nSPS) is 13.6. The minimum absolute atomic E-state index is 0.102. The molecule has 1 N–H and O–H groups in total. The summed E-state index contributed by atoms with van der Waals surface area (Å²) in [4.78, 5) is 0. The van der Waals surface area contributed by atoms with Crippen molar-refractivity contribution in [3.05, 3.63) is 59.7 Å². The lowest BCUT2D eigenvalue weighted by Crippen LogP contribution is -2.24. The third-order valence-electron chi connectivity index (χ3n) is 5.28. The molecule has 0 saturated carbocycles. The van der Waals surface area contributed by atoms with Crippen LogP contribution >= 0.6 is 34.6 Å². The highest BCUT2D eigenvalue weighted by Gasteiger charge is 2.23. The summed E-state index contributed by atoms with van der Waals surface area (Å²) in [6.07, 6.45) is 1.40. The van der Waals surface area contributed by atoms with E-state index in [1.165, 1.54) is 11.1 Å². The molecule has 5 nitrogen and oxygen atoms in total. The molecule has 2 aromatic rings. The zero-order valence-corrected chi connectivity index (χ0v) is 22.0. The molecule has 0 bridgehead atoms. The molecule has 0 saturated heterocycles. The molecule has 32 heavy (non-hydrogen) atoms. The predicted molar refractivity (Wildman–Crippen MR) is 137 cm³/mol. The smallest absolute Gasteiger partial charge is 0.127 e. The maximum absolute atomic E-state index is 9.53. The van der Waals surface area contributed by atoms with Crippen LogP contribution in [0.15, 0.2) is 48.5 Å². The van der Waals surface area contributed by atoms with Gasteiger partial charge in [0.15, 0.2) is 0 Å². The van der Waals surface area contributed by atoms with Crippen molar-refractivity contribution < 1.29 is 22.4 Å². The van der Waals surface area contributed by atoms with Crippen LogP contribution in [0.3, 0.4) is 0 Å². The van der Waals surface area contributed by atoms with Crippen molar-refractivity contribution in [2.75, 3.05) is 32.3 Å². The first-order valence-electron chi connectivity index (χ1n) is 11.0. The molecule has 0 aromatic heterocycles. The molecule has 0 unspecified atom stereocenters. The SMILES string of the molecule is CCCCOC[C@H](COc1ccc(C(C)(C)c2ccc(OC[C@@H](O)CCl)cc2)cc1)OI. The van der Waals surface area contributed by atoms with Gasteiger partial charge in [0, 0.05) is 12.0 Å². The van der Waals surface area contributed by atoms with E-state index in [0.717, 1.165) is 25.2 Å². The first kappa shape index (κ1) is 27.2. The van der Waals surface area contributed by atoms with Gasteiger partial charge in [-0.1, -0.05) is 51.5 Å². The minimum atomic E-state index is -0.666. The summed E-state index contributed by atoms with van der Waals surface area (Å²) in [6.45, 7) is 8.41. The standard InChI is InChI=1S/C25H34ClIO5/c1-4-5-14-29-17-24(32-27)18-31-23-12-8-20(9-13-23)25(2,3)19-6-10-22(11-7-19)30-16-21(28)15-26/h6-13,21,24,28H,4-5,14-18H2,1-3H3/t21-,24+/m0/s1. The van der Waals surface area contributed by atoms with E-state index >= 15 is 0 Å². The Morgan fingerprint density at radius 2 is 1.44 bits per heavy atom. The molecule has 0 radical (unpaired) electrons. The van der Waals surface area contributed by atoms with E-state index in [-0.39, 0.29) is 24.0 Å². The fourth-order valence-electron chi connectivity index (χ4n) is 3.09. The number of unbranched alkanes of at least 4 members (excludes halogenated alkanes) is 1. The van der Waals surface area contributed by atoms with Crippen LogP contribution in [-0.2, 0) is 13.2 Å². The van der Waals surface area contributed by atoms with Gasteiger partial charge in [0.2, 0.25) is 0 Å². The van der Waals surface area contributed by atoms with Crippen LogP contribution < -0.4 is 9.47 Å². The largest absolute Gasteiger partial charge is 0.491 e. The molecule has 178 valence electrons. The average Bonchev–Trinajstić information content (AvgIpc) is 2.82. The Kier molecular flexibility index (Phi) is 12.1. The Hall–Kier alpha value is -1.06. The van der Waals surface area contributed by atoms with Crippen molar-refractivity contribution in [2.45, 2.75) is 51.2 Å². The molecule has 2 rings (SSSR count). The van der Waals surface area contributed by atoms with Gasteiger partial charge in [-0.15, -0.1) is 11.6 Å². The lowest BCUT2D eigenvalue weighted by atomic mass is 9.78. The van der Waals surface area contributed by atoms with E-state index in [1.807, 2.05) is 59.4 Å². The highest BCUT2D eigenvalue weighted by atomic mass is 127. The van der Waals surface area contributed by atoms with Crippen molar-refractivity contribution in [1.29, 1.82) is 0 Å². The molecule has 0 aliphatic carbocycles. The van der Waals surface area contributed by atoms with E-state index in [1.54, 1.807) is 0 Å². The Balaban J connectivity index is 1.92. The van der Waals surface area contributed by atoms with Crippen LogP contribution in [0.2, 0.25) is 0 Å².